The van der Waals surface area contributed by atoms with Crippen molar-refractivity contribution in [2.45, 2.75) is 0 Å². The van der Waals surface area contributed by atoms with Crippen molar-refractivity contribution in [2.75, 3.05) is 18.8 Å². The van der Waals surface area contributed by atoms with Crippen LogP contribution in [0.4, 0.5) is 10.5 Å². The molecular weight excluding hydrogens is 212 g/mol. The summed E-state index contributed by atoms with van der Waals surface area (Å²) >= 11 is 0. The number of nitrogens with one attached hydrogen (secondary N) is 2. The van der Waals surface area contributed by atoms with Gasteiger partial charge >= 0.3 is 6.09 Å². The Labute approximate surface area is 91.7 Å². The van der Waals surface area contributed by atoms with E-state index in [4.69, 9.17) is 10.8 Å². The number of carboxylic acid groups (broad SMARTS) is 1. The zero-order valence-corrected chi connectivity index (χ0v) is 8.43. The number of rotatable bonds is 4. The number of nitrogens with zero attached hydrogens (tertiary/aromatic N) is 1. The average molecular weight is 224 g/mol. The third kappa shape index (κ3) is 3.45. The van der Waals surface area contributed by atoms with Gasteiger partial charge in [-0.05, 0) is 12.1 Å². The molecule has 7 nitrogen and oxygen atoms in total. The van der Waals surface area contributed by atoms with Gasteiger partial charge in [0.05, 0.1) is 5.69 Å². The lowest BCUT2D eigenvalue weighted by atomic mass is 10.3. The van der Waals surface area contributed by atoms with Crippen molar-refractivity contribution in [3.8, 4) is 0 Å². The lowest BCUT2D eigenvalue weighted by molar-refractivity contribution is 0.0949. The smallest absolute Gasteiger partial charge is 0.404 e. The Morgan fingerprint density at radius 1 is 1.38 bits per heavy atom. The maximum Gasteiger partial charge on any atom is 0.404 e. The minimum atomic E-state index is -1.13. The van der Waals surface area contributed by atoms with Crippen LogP contribution in [0.2, 0.25) is 0 Å². The molecule has 0 aliphatic carbocycles. The molecule has 0 spiro atoms. The van der Waals surface area contributed by atoms with E-state index in [0.717, 1.165) is 0 Å². The van der Waals surface area contributed by atoms with Gasteiger partial charge in [-0.15, -0.1) is 0 Å². The number of nitrogens with two attached hydrogens (primary N) is 1. The van der Waals surface area contributed by atoms with Crippen molar-refractivity contribution < 1.29 is 14.7 Å². The second-order valence-corrected chi connectivity index (χ2v) is 2.93. The lowest BCUT2D eigenvalue weighted by Gasteiger charge is -2.05. The number of carbonyl (C=O) groups is 2. The van der Waals surface area contributed by atoms with E-state index in [2.05, 4.69) is 15.6 Å². The van der Waals surface area contributed by atoms with Gasteiger partial charge in [-0.25, -0.2) is 9.78 Å². The van der Waals surface area contributed by atoms with E-state index >= 15 is 0 Å². The highest BCUT2D eigenvalue weighted by Crippen LogP contribution is 2.05. The molecular formula is C9H12N4O3. The second-order valence-electron chi connectivity index (χ2n) is 2.93. The number of hydrogen-bond acceptors (Lipinski definition) is 4. The van der Waals surface area contributed by atoms with Crippen LogP contribution in [0.25, 0.3) is 0 Å². The zero-order valence-electron chi connectivity index (χ0n) is 8.43. The van der Waals surface area contributed by atoms with E-state index < -0.39 is 12.0 Å². The standard InChI is InChI=1S/C9H12N4O3/c10-6-2-1-3-11-7(6)8(14)12-4-5-13-9(15)16/h1-3,13H,4-5,10H2,(H,12,14)(H,15,16). The van der Waals surface area contributed by atoms with Crippen LogP contribution in [0.3, 0.4) is 0 Å². The third-order valence-electron chi connectivity index (χ3n) is 1.74. The van der Waals surface area contributed by atoms with Gasteiger partial charge in [-0.1, -0.05) is 0 Å². The lowest BCUT2D eigenvalue weighted by Crippen LogP contribution is -2.34. The molecule has 0 aliphatic heterocycles. The van der Waals surface area contributed by atoms with Crippen molar-refractivity contribution >= 4 is 17.7 Å². The Kier molecular flexibility index (Phi) is 4.07. The van der Waals surface area contributed by atoms with Crippen LogP contribution in [-0.2, 0) is 0 Å². The fraction of sp³-hybridized carbons (Fsp3) is 0.222. The third-order valence-corrected chi connectivity index (χ3v) is 1.74. The molecule has 16 heavy (non-hydrogen) atoms. The van der Waals surface area contributed by atoms with Gasteiger partial charge < -0.3 is 21.5 Å². The number of anilines is 1. The van der Waals surface area contributed by atoms with Gasteiger partial charge in [-0.3, -0.25) is 4.79 Å². The molecule has 0 bridgehead atoms. The maximum atomic E-state index is 11.5. The molecule has 0 aliphatic rings. The molecule has 1 heterocycles. The van der Waals surface area contributed by atoms with Crippen LogP contribution in [0.5, 0.6) is 0 Å². The number of aromatic nitrogens is 1. The van der Waals surface area contributed by atoms with Crippen molar-refractivity contribution in [1.29, 1.82) is 0 Å². The average Bonchev–Trinajstić information content (AvgIpc) is 2.24. The van der Waals surface area contributed by atoms with Crippen LogP contribution in [-0.4, -0.2) is 35.2 Å². The molecule has 5 N–H and O–H groups in total. The first kappa shape index (κ1) is 11.8. The van der Waals surface area contributed by atoms with Gasteiger partial charge in [0, 0.05) is 19.3 Å². The predicted octanol–water partition coefficient (Wildman–Crippen LogP) is -0.339. The Morgan fingerprint density at radius 2 is 2.06 bits per heavy atom. The fourth-order valence-corrected chi connectivity index (χ4v) is 1.04. The van der Waals surface area contributed by atoms with E-state index in [1.165, 1.54) is 6.20 Å². The highest BCUT2D eigenvalue weighted by atomic mass is 16.4. The van der Waals surface area contributed by atoms with Crippen molar-refractivity contribution in [3.63, 3.8) is 0 Å². The van der Waals surface area contributed by atoms with Crippen molar-refractivity contribution in [2.24, 2.45) is 0 Å². The zero-order chi connectivity index (χ0) is 12.0. The summed E-state index contributed by atoms with van der Waals surface area (Å²) < 4.78 is 0. The molecule has 2 amide bonds. The Bertz CT molecular complexity index is 394. The van der Waals surface area contributed by atoms with Gasteiger partial charge in [0.1, 0.15) is 0 Å². The molecule has 0 saturated carbocycles. The molecule has 1 aromatic rings. The number of nitrogen functional groups attached to an aromatic ring is 1. The monoisotopic (exact) mass is 224 g/mol. The number of hydrogen-bond donors (Lipinski definition) is 4. The topological polar surface area (TPSA) is 117 Å². The summed E-state index contributed by atoms with van der Waals surface area (Å²) in [7, 11) is 0. The molecule has 0 aromatic carbocycles. The largest absolute Gasteiger partial charge is 0.465 e. The predicted molar refractivity (Wildman–Crippen MR) is 57.0 cm³/mol. The summed E-state index contributed by atoms with van der Waals surface area (Å²) in [5, 5.41) is 12.9. The highest BCUT2D eigenvalue weighted by molar-refractivity contribution is 5.96. The highest BCUT2D eigenvalue weighted by Gasteiger charge is 2.09. The first-order valence-corrected chi connectivity index (χ1v) is 4.56. The number of pyridine rings is 1. The maximum absolute atomic E-state index is 11.5. The molecule has 1 rings (SSSR count). The van der Waals surface area contributed by atoms with Crippen LogP contribution in [0.1, 0.15) is 10.5 Å². The first-order valence-electron chi connectivity index (χ1n) is 4.56. The number of carbonyl (C=O) groups excluding carboxylic acids is 1. The molecule has 0 saturated heterocycles. The molecule has 0 unspecified atom stereocenters. The number of amides is 2. The fourth-order valence-electron chi connectivity index (χ4n) is 1.04. The van der Waals surface area contributed by atoms with E-state index in [0.29, 0.717) is 0 Å². The van der Waals surface area contributed by atoms with Gasteiger partial charge in [0.2, 0.25) is 0 Å². The molecule has 1 aromatic heterocycles. The second kappa shape index (κ2) is 5.54. The van der Waals surface area contributed by atoms with Crippen LogP contribution in [0.15, 0.2) is 18.3 Å². The van der Waals surface area contributed by atoms with Gasteiger partial charge in [-0.2, -0.15) is 0 Å². The summed E-state index contributed by atoms with van der Waals surface area (Å²) in [6, 6.07) is 3.19. The molecule has 0 atom stereocenters. The van der Waals surface area contributed by atoms with Crippen LogP contribution in [0, 0.1) is 0 Å². The molecule has 0 radical (unpaired) electrons. The minimum Gasteiger partial charge on any atom is -0.465 e. The van der Waals surface area contributed by atoms with E-state index in [1.807, 2.05) is 0 Å². The van der Waals surface area contributed by atoms with Crippen molar-refractivity contribution in [3.05, 3.63) is 24.0 Å². The first-order chi connectivity index (χ1) is 7.61. The van der Waals surface area contributed by atoms with Gasteiger partial charge in [0.15, 0.2) is 5.69 Å². The normalized spacial score (nSPS) is 9.50. The summed E-state index contributed by atoms with van der Waals surface area (Å²) in [6.07, 6.45) is 0.326. The van der Waals surface area contributed by atoms with E-state index in [9.17, 15) is 9.59 Å². The summed E-state index contributed by atoms with van der Waals surface area (Å²) in [4.78, 5) is 25.4. The van der Waals surface area contributed by atoms with Crippen LogP contribution >= 0.6 is 0 Å². The quantitative estimate of drug-likeness (QED) is 0.522. The van der Waals surface area contributed by atoms with Gasteiger partial charge in [0.25, 0.3) is 5.91 Å². The van der Waals surface area contributed by atoms with Crippen LogP contribution < -0.4 is 16.4 Å². The van der Waals surface area contributed by atoms with E-state index in [1.54, 1.807) is 12.1 Å². The molecule has 86 valence electrons. The Hall–Kier alpha value is -2.31. The summed E-state index contributed by atoms with van der Waals surface area (Å²) in [5.41, 5.74) is 5.96. The van der Waals surface area contributed by atoms with E-state index in [-0.39, 0.29) is 24.5 Å². The summed E-state index contributed by atoms with van der Waals surface area (Å²) in [5.74, 6) is -0.426. The Balaban J connectivity index is 2.41. The minimum absolute atomic E-state index is 0.133. The van der Waals surface area contributed by atoms with Crippen molar-refractivity contribution in [1.82, 2.24) is 15.6 Å². The Morgan fingerprint density at radius 3 is 2.69 bits per heavy atom. The SMILES string of the molecule is Nc1cccnc1C(=O)NCCNC(=O)O. The molecule has 7 heteroatoms. The summed E-state index contributed by atoms with van der Waals surface area (Å²) in [6.45, 7) is 0.314. The molecule has 0 fully saturated rings.